The molecule has 2 aliphatic rings. The number of nitrogens with zero attached hydrogens (tertiary/aromatic N) is 2. The van der Waals surface area contributed by atoms with Crippen molar-refractivity contribution in [3.8, 4) is 11.8 Å². The number of hydrogen-bond acceptors (Lipinski definition) is 6. The van der Waals surface area contributed by atoms with E-state index < -0.39 is 11.6 Å². The van der Waals surface area contributed by atoms with Gasteiger partial charge in [0.15, 0.2) is 0 Å². The largest absolute Gasteiger partial charge is 0.477 e. The number of hydrogen-bond donors (Lipinski definition) is 1. The van der Waals surface area contributed by atoms with Crippen LogP contribution in [0.1, 0.15) is 128 Å². The molecule has 2 aliphatic carbocycles. The van der Waals surface area contributed by atoms with E-state index in [1.165, 1.54) is 0 Å². The summed E-state index contributed by atoms with van der Waals surface area (Å²) in [7, 11) is 1.74. The van der Waals surface area contributed by atoms with Crippen LogP contribution in [0.25, 0.3) is 0 Å². The summed E-state index contributed by atoms with van der Waals surface area (Å²) in [6.45, 7) is 16.4. The number of rotatable bonds is 9. The maximum Gasteiger partial charge on any atom is 0.410 e. The highest BCUT2D eigenvalue weighted by Crippen LogP contribution is 2.39. The number of thiophene rings is 1. The molecular weight excluding hydrogens is 576 g/mol. The lowest BCUT2D eigenvalue weighted by Crippen LogP contribution is -2.47. The number of aromatic carboxylic acids is 1. The smallest absolute Gasteiger partial charge is 0.410 e. The highest BCUT2D eigenvalue weighted by atomic mass is 32.1. The van der Waals surface area contributed by atoms with Crippen LogP contribution in [-0.2, 0) is 14.3 Å². The SMILES string of the molecule is C[C@H](CCN(C)C(=O)OC(C)(C)C)O[C@H]1CC[C@H](N(c2cc(C#CC(C)(C)C)sc2C(=O)O)C(=O)[C@H]2CC[C@H](C)CC2)CC1. The summed E-state index contributed by atoms with van der Waals surface area (Å²) >= 11 is 1.16. The van der Waals surface area contributed by atoms with E-state index in [0.29, 0.717) is 29.4 Å². The van der Waals surface area contributed by atoms with Gasteiger partial charge in [-0.25, -0.2) is 9.59 Å². The minimum atomic E-state index is -1.02. The molecular formula is C35H54N2O6S. The third-order valence-electron chi connectivity index (χ3n) is 8.34. The number of carbonyl (C=O) groups is 3. The van der Waals surface area contributed by atoms with Gasteiger partial charge in [0.05, 0.1) is 22.8 Å². The molecule has 44 heavy (non-hydrogen) atoms. The van der Waals surface area contributed by atoms with Gasteiger partial charge in [-0.05, 0) is 118 Å². The number of amides is 2. The van der Waals surface area contributed by atoms with Crippen LogP contribution in [0.5, 0.6) is 0 Å². The Bertz CT molecular complexity index is 1200. The third-order valence-corrected chi connectivity index (χ3v) is 9.37. The van der Waals surface area contributed by atoms with Gasteiger partial charge in [-0.3, -0.25) is 4.79 Å². The zero-order chi connectivity index (χ0) is 32.8. The van der Waals surface area contributed by atoms with E-state index in [1.54, 1.807) is 11.9 Å². The van der Waals surface area contributed by atoms with Gasteiger partial charge in [0, 0.05) is 31.0 Å². The molecule has 1 atom stereocenters. The summed E-state index contributed by atoms with van der Waals surface area (Å²) in [6, 6.07) is 1.73. The Balaban J connectivity index is 1.72. The summed E-state index contributed by atoms with van der Waals surface area (Å²) in [6.07, 6.45) is 7.12. The molecule has 1 N–H and O–H groups in total. The van der Waals surface area contributed by atoms with Gasteiger partial charge in [0.25, 0.3) is 0 Å². The van der Waals surface area contributed by atoms with E-state index in [-0.39, 0.29) is 46.5 Å². The van der Waals surface area contributed by atoms with Crippen molar-refractivity contribution in [2.45, 2.75) is 137 Å². The number of carboxylic acids is 1. The van der Waals surface area contributed by atoms with Gasteiger partial charge in [0.2, 0.25) is 5.91 Å². The van der Waals surface area contributed by atoms with Crippen LogP contribution in [0.4, 0.5) is 10.5 Å². The Morgan fingerprint density at radius 1 is 1.02 bits per heavy atom. The molecule has 2 amide bonds. The van der Waals surface area contributed by atoms with E-state index in [4.69, 9.17) is 9.47 Å². The first-order valence-electron chi connectivity index (χ1n) is 16.3. The topological polar surface area (TPSA) is 96.4 Å². The maximum atomic E-state index is 14.2. The van der Waals surface area contributed by atoms with E-state index in [1.807, 2.05) is 59.4 Å². The quantitative estimate of drug-likeness (QED) is 0.278. The Labute approximate surface area is 268 Å². The van der Waals surface area contributed by atoms with E-state index in [9.17, 15) is 19.5 Å². The van der Waals surface area contributed by atoms with Crippen molar-refractivity contribution >= 4 is 35.0 Å². The molecule has 0 aliphatic heterocycles. The fourth-order valence-electron chi connectivity index (χ4n) is 5.87. The first-order valence-corrected chi connectivity index (χ1v) is 17.1. The molecule has 0 unspecified atom stereocenters. The van der Waals surface area contributed by atoms with Crippen molar-refractivity contribution in [2.75, 3.05) is 18.5 Å². The molecule has 9 heteroatoms. The van der Waals surface area contributed by atoms with Crippen molar-refractivity contribution in [2.24, 2.45) is 17.3 Å². The Hall–Kier alpha value is -2.57. The van der Waals surface area contributed by atoms with Crippen LogP contribution in [0.2, 0.25) is 0 Å². The second-order valence-electron chi connectivity index (χ2n) is 14.9. The molecule has 2 saturated carbocycles. The molecule has 0 radical (unpaired) electrons. The summed E-state index contributed by atoms with van der Waals surface area (Å²) < 4.78 is 11.8. The number of ether oxygens (including phenoxy) is 2. The predicted octanol–water partition coefficient (Wildman–Crippen LogP) is 7.98. The Morgan fingerprint density at radius 3 is 2.18 bits per heavy atom. The Kier molecular flexibility index (Phi) is 12.4. The van der Waals surface area contributed by atoms with Crippen molar-refractivity contribution in [3.63, 3.8) is 0 Å². The number of carboxylic acid groups (broad SMARTS) is 1. The first kappa shape index (κ1) is 35.9. The summed E-state index contributed by atoms with van der Waals surface area (Å²) in [5.74, 6) is 5.92. The van der Waals surface area contributed by atoms with Crippen molar-refractivity contribution in [3.05, 3.63) is 15.8 Å². The second kappa shape index (κ2) is 15.1. The van der Waals surface area contributed by atoms with E-state index >= 15 is 0 Å². The molecule has 0 spiro atoms. The van der Waals surface area contributed by atoms with Gasteiger partial charge >= 0.3 is 12.1 Å². The van der Waals surface area contributed by atoms with Gasteiger partial charge < -0.3 is 24.4 Å². The van der Waals surface area contributed by atoms with Crippen LogP contribution in [0, 0.1) is 29.1 Å². The van der Waals surface area contributed by atoms with Crippen LogP contribution in [0.3, 0.4) is 0 Å². The van der Waals surface area contributed by atoms with Crippen LogP contribution in [-0.4, -0.2) is 65.4 Å². The summed E-state index contributed by atoms with van der Waals surface area (Å²) in [5, 5.41) is 10.2. The molecule has 0 bridgehead atoms. The Morgan fingerprint density at radius 2 is 1.64 bits per heavy atom. The van der Waals surface area contributed by atoms with Gasteiger partial charge in [0.1, 0.15) is 10.5 Å². The average molecular weight is 631 g/mol. The first-order chi connectivity index (χ1) is 20.4. The number of carbonyl (C=O) groups excluding carboxylic acids is 2. The van der Waals surface area contributed by atoms with Gasteiger partial charge in [-0.15, -0.1) is 11.3 Å². The molecule has 0 saturated heterocycles. The maximum absolute atomic E-state index is 14.2. The molecule has 1 aromatic heterocycles. The fourth-order valence-corrected chi connectivity index (χ4v) is 6.71. The van der Waals surface area contributed by atoms with Crippen molar-refractivity contribution in [1.82, 2.24) is 4.90 Å². The van der Waals surface area contributed by atoms with Gasteiger partial charge in [-0.2, -0.15) is 0 Å². The lowest BCUT2D eigenvalue weighted by Gasteiger charge is -2.40. The molecule has 2 fully saturated rings. The van der Waals surface area contributed by atoms with Crippen LogP contribution < -0.4 is 4.90 Å². The monoisotopic (exact) mass is 630 g/mol. The minimum Gasteiger partial charge on any atom is -0.477 e. The van der Waals surface area contributed by atoms with Gasteiger partial charge in [-0.1, -0.05) is 18.8 Å². The van der Waals surface area contributed by atoms with Crippen LogP contribution >= 0.6 is 11.3 Å². The summed E-state index contributed by atoms with van der Waals surface area (Å²) in [4.78, 5) is 43.2. The molecule has 3 rings (SSSR count). The average Bonchev–Trinajstić information content (AvgIpc) is 3.35. The fraction of sp³-hybridized carbons (Fsp3) is 0.743. The van der Waals surface area contributed by atoms with Crippen molar-refractivity contribution in [1.29, 1.82) is 0 Å². The van der Waals surface area contributed by atoms with E-state index in [2.05, 4.69) is 18.8 Å². The predicted molar refractivity (Wildman–Crippen MR) is 176 cm³/mol. The highest BCUT2D eigenvalue weighted by molar-refractivity contribution is 7.15. The van der Waals surface area contributed by atoms with Crippen molar-refractivity contribution < 1.29 is 29.0 Å². The molecule has 1 heterocycles. The molecule has 8 nitrogen and oxygen atoms in total. The molecule has 1 aromatic rings. The van der Waals surface area contributed by atoms with E-state index in [0.717, 1.165) is 62.7 Å². The second-order valence-corrected chi connectivity index (χ2v) is 15.9. The molecule has 0 aromatic carbocycles. The van der Waals surface area contributed by atoms with Crippen LogP contribution in [0.15, 0.2) is 6.07 Å². The summed E-state index contributed by atoms with van der Waals surface area (Å²) in [5.41, 5.74) is -0.262. The third kappa shape index (κ3) is 10.8. The zero-order valence-corrected chi connectivity index (χ0v) is 29.1. The zero-order valence-electron chi connectivity index (χ0n) is 28.3. The highest BCUT2D eigenvalue weighted by Gasteiger charge is 2.38. The number of anilines is 1. The minimum absolute atomic E-state index is 0.0390. The lowest BCUT2D eigenvalue weighted by atomic mass is 9.81. The standard InChI is InChI=1S/C35H54N2O6S/c1-23-10-12-25(13-11-23)31(38)37(29-22-28(18-20-34(3,4)5)44-30(29)32(39)40)26-14-16-27(17-15-26)42-24(2)19-21-36(9)33(41)43-35(6,7)8/h22-27H,10-17,19,21H2,1-9H3,(H,39,40)/t23-,24-,25-,26-,27-/m1/s1. The normalized spacial score (nSPS) is 23.2. The molecule has 246 valence electrons. The lowest BCUT2D eigenvalue weighted by molar-refractivity contribution is -0.124.